The predicted octanol–water partition coefficient (Wildman–Crippen LogP) is 2.01. The number of benzene rings is 2. The van der Waals surface area contributed by atoms with Gasteiger partial charge in [0.25, 0.3) is 5.91 Å². The van der Waals surface area contributed by atoms with Crippen LogP contribution in [0, 0.1) is 5.82 Å². The zero-order valence-electron chi connectivity index (χ0n) is 17.6. The first-order chi connectivity index (χ1) is 15.3. The predicted molar refractivity (Wildman–Crippen MR) is 114 cm³/mol. The van der Waals surface area contributed by atoms with Crippen LogP contribution in [0.25, 0.3) is 0 Å². The molecule has 166 valence electrons. The Bertz CT molecular complexity index is 1090. The van der Waals surface area contributed by atoms with Crippen molar-refractivity contribution in [2.24, 2.45) is 0 Å². The van der Waals surface area contributed by atoms with Crippen LogP contribution < -0.4 is 10.6 Å². The number of rotatable bonds is 5. The van der Waals surface area contributed by atoms with E-state index in [1.165, 1.54) is 31.3 Å². The fourth-order valence-electron chi connectivity index (χ4n) is 4.25. The van der Waals surface area contributed by atoms with Crippen molar-refractivity contribution in [3.8, 4) is 0 Å². The molecule has 0 bridgehead atoms. The van der Waals surface area contributed by atoms with Gasteiger partial charge in [0.1, 0.15) is 17.9 Å². The number of nitrogens with zero attached hydrogens (tertiary/aromatic N) is 2. The van der Waals surface area contributed by atoms with Crippen LogP contribution in [0.2, 0.25) is 0 Å². The van der Waals surface area contributed by atoms with Crippen molar-refractivity contribution in [3.05, 3.63) is 65.5 Å². The molecule has 2 N–H and O–H groups in total. The molecule has 1 fully saturated rings. The van der Waals surface area contributed by atoms with Crippen LogP contribution in [0.4, 0.5) is 14.9 Å². The Morgan fingerprint density at radius 1 is 1.16 bits per heavy atom. The molecule has 5 amide bonds. The van der Waals surface area contributed by atoms with Gasteiger partial charge in [-0.25, -0.2) is 9.18 Å². The minimum absolute atomic E-state index is 0.284. The number of likely N-dealkylation sites (N-methyl/N-ethyl adjacent to an activating group) is 1. The number of halogens is 1. The molecule has 2 aromatic carbocycles. The van der Waals surface area contributed by atoms with Crippen molar-refractivity contribution < 1.29 is 23.6 Å². The van der Waals surface area contributed by atoms with E-state index in [-0.39, 0.29) is 6.54 Å². The van der Waals surface area contributed by atoms with Crippen LogP contribution in [-0.2, 0) is 26.3 Å². The van der Waals surface area contributed by atoms with E-state index in [9.17, 15) is 23.6 Å². The first-order valence-corrected chi connectivity index (χ1v) is 10.3. The first-order valence-electron chi connectivity index (χ1n) is 10.3. The fraction of sp³-hybridized carbons (Fsp3) is 0.304. The Hall–Kier alpha value is -3.75. The maximum absolute atomic E-state index is 13.3. The molecule has 4 rings (SSSR count). The smallest absolute Gasteiger partial charge is 0.325 e. The van der Waals surface area contributed by atoms with Gasteiger partial charge in [0.15, 0.2) is 0 Å². The summed E-state index contributed by atoms with van der Waals surface area (Å²) in [7, 11) is 1.41. The number of carbonyl (C=O) groups is 4. The van der Waals surface area contributed by atoms with Gasteiger partial charge in [-0.05, 0) is 54.7 Å². The Morgan fingerprint density at radius 2 is 1.88 bits per heavy atom. The summed E-state index contributed by atoms with van der Waals surface area (Å²) in [6, 6.07) is 12.1. The maximum atomic E-state index is 13.3. The lowest BCUT2D eigenvalue weighted by atomic mass is 9.76. The minimum atomic E-state index is -1.15. The SMILES string of the molecule is CN(CC(=O)Nc1ccc(F)cc1)C(=O)CN1C(=O)N[C@@]2(CCCc3ccccc32)C1=O. The minimum Gasteiger partial charge on any atom is -0.335 e. The molecule has 0 saturated carbocycles. The van der Waals surface area contributed by atoms with Gasteiger partial charge in [0.2, 0.25) is 11.8 Å². The standard InChI is InChI=1S/C23H23FN4O4/c1-27(13-19(29)25-17-10-8-16(24)9-11-17)20(30)14-28-21(31)23(26-22(28)32)12-4-6-15-5-2-3-7-18(15)23/h2-3,5,7-11H,4,6,12-14H2,1H3,(H,25,29)(H,26,32)/t23-/m1/s1. The van der Waals surface area contributed by atoms with Crippen molar-refractivity contribution in [1.29, 1.82) is 0 Å². The van der Waals surface area contributed by atoms with Gasteiger partial charge < -0.3 is 15.5 Å². The van der Waals surface area contributed by atoms with E-state index in [1.807, 2.05) is 24.3 Å². The number of aryl methyl sites for hydroxylation is 1. The number of anilines is 1. The van der Waals surface area contributed by atoms with Gasteiger partial charge in [-0.15, -0.1) is 0 Å². The summed E-state index contributed by atoms with van der Waals surface area (Å²) in [4.78, 5) is 52.8. The molecule has 8 nitrogen and oxygen atoms in total. The Morgan fingerprint density at radius 3 is 2.62 bits per heavy atom. The molecule has 9 heteroatoms. The fourth-order valence-corrected chi connectivity index (χ4v) is 4.25. The largest absolute Gasteiger partial charge is 0.335 e. The summed E-state index contributed by atoms with van der Waals surface area (Å²) >= 11 is 0. The number of fused-ring (bicyclic) bond motifs is 2. The number of urea groups is 1. The molecule has 1 saturated heterocycles. The van der Waals surface area contributed by atoms with Crippen molar-refractivity contribution in [3.63, 3.8) is 0 Å². The third-order valence-electron chi connectivity index (χ3n) is 5.88. The number of amides is 5. The quantitative estimate of drug-likeness (QED) is 0.698. The van der Waals surface area contributed by atoms with Gasteiger partial charge in [-0.1, -0.05) is 24.3 Å². The van der Waals surface area contributed by atoms with Crippen molar-refractivity contribution >= 4 is 29.4 Å². The Labute approximate surface area is 184 Å². The highest BCUT2D eigenvalue weighted by atomic mass is 19.1. The summed E-state index contributed by atoms with van der Waals surface area (Å²) in [5.41, 5.74) is 1.02. The zero-order chi connectivity index (χ0) is 22.9. The van der Waals surface area contributed by atoms with Crippen molar-refractivity contribution in [1.82, 2.24) is 15.1 Å². The van der Waals surface area contributed by atoms with Crippen molar-refractivity contribution in [2.75, 3.05) is 25.5 Å². The molecular weight excluding hydrogens is 415 g/mol. The highest BCUT2D eigenvalue weighted by molar-refractivity contribution is 6.09. The van der Waals surface area contributed by atoms with Gasteiger partial charge in [0, 0.05) is 12.7 Å². The van der Waals surface area contributed by atoms with Gasteiger partial charge >= 0.3 is 6.03 Å². The van der Waals surface area contributed by atoms with Crippen LogP contribution in [0.3, 0.4) is 0 Å². The van der Waals surface area contributed by atoms with Crippen LogP contribution in [-0.4, -0.2) is 53.7 Å². The summed E-state index contributed by atoms with van der Waals surface area (Å²) in [5.74, 6) is -1.92. The topological polar surface area (TPSA) is 98.8 Å². The van der Waals surface area contributed by atoms with Crippen LogP contribution in [0.5, 0.6) is 0 Å². The van der Waals surface area contributed by atoms with E-state index in [2.05, 4.69) is 10.6 Å². The molecule has 1 atom stereocenters. The average Bonchev–Trinajstić information content (AvgIpc) is 3.00. The van der Waals surface area contributed by atoms with E-state index in [4.69, 9.17) is 0 Å². The number of carbonyl (C=O) groups excluding carboxylic acids is 4. The van der Waals surface area contributed by atoms with E-state index < -0.39 is 41.7 Å². The Kier molecular flexibility index (Phi) is 5.65. The molecule has 1 spiro atoms. The molecule has 0 aromatic heterocycles. The van der Waals surface area contributed by atoms with Gasteiger partial charge in [-0.2, -0.15) is 0 Å². The summed E-state index contributed by atoms with van der Waals surface area (Å²) < 4.78 is 13.0. The van der Waals surface area contributed by atoms with E-state index in [0.717, 1.165) is 33.8 Å². The highest BCUT2D eigenvalue weighted by Gasteiger charge is 2.54. The molecule has 32 heavy (non-hydrogen) atoms. The van der Waals surface area contributed by atoms with Crippen LogP contribution in [0.15, 0.2) is 48.5 Å². The average molecular weight is 438 g/mol. The van der Waals surface area contributed by atoms with E-state index in [1.54, 1.807) is 0 Å². The second-order valence-corrected chi connectivity index (χ2v) is 8.04. The Balaban J connectivity index is 1.41. The monoisotopic (exact) mass is 438 g/mol. The molecule has 1 aliphatic carbocycles. The summed E-state index contributed by atoms with van der Waals surface area (Å²) in [6.07, 6.45) is 2.04. The molecule has 0 radical (unpaired) electrons. The van der Waals surface area contributed by atoms with Gasteiger partial charge in [0.05, 0.1) is 6.54 Å². The number of hydrogen-bond acceptors (Lipinski definition) is 4. The maximum Gasteiger partial charge on any atom is 0.325 e. The van der Waals surface area contributed by atoms with Crippen molar-refractivity contribution in [2.45, 2.75) is 24.8 Å². The molecular formula is C23H23FN4O4. The second-order valence-electron chi connectivity index (χ2n) is 8.04. The van der Waals surface area contributed by atoms with Crippen LogP contribution >= 0.6 is 0 Å². The third-order valence-corrected chi connectivity index (χ3v) is 5.88. The lowest BCUT2D eigenvalue weighted by Gasteiger charge is -2.33. The van der Waals surface area contributed by atoms with E-state index >= 15 is 0 Å². The molecule has 1 aliphatic heterocycles. The van der Waals surface area contributed by atoms with Gasteiger partial charge in [-0.3, -0.25) is 19.3 Å². The number of imide groups is 1. The highest BCUT2D eigenvalue weighted by Crippen LogP contribution is 2.39. The zero-order valence-corrected chi connectivity index (χ0v) is 17.6. The summed E-state index contributed by atoms with van der Waals surface area (Å²) in [5, 5.41) is 5.37. The molecule has 2 aromatic rings. The normalized spacial score (nSPS) is 19.5. The number of hydrogen-bond donors (Lipinski definition) is 2. The third kappa shape index (κ3) is 3.93. The molecule has 0 unspecified atom stereocenters. The second kappa shape index (κ2) is 8.41. The van der Waals surface area contributed by atoms with Crippen LogP contribution in [0.1, 0.15) is 24.0 Å². The first kappa shape index (κ1) is 21.5. The molecule has 2 aliphatic rings. The lowest BCUT2D eigenvalue weighted by Crippen LogP contribution is -2.47. The summed E-state index contributed by atoms with van der Waals surface area (Å²) in [6.45, 7) is -0.747. The lowest BCUT2D eigenvalue weighted by molar-refractivity contribution is -0.139. The molecule has 1 heterocycles. The number of nitrogens with one attached hydrogen (secondary N) is 2. The van der Waals surface area contributed by atoms with E-state index in [0.29, 0.717) is 12.1 Å².